The van der Waals surface area contributed by atoms with Crippen molar-refractivity contribution in [2.75, 3.05) is 5.32 Å². The third-order valence-corrected chi connectivity index (χ3v) is 3.91. The van der Waals surface area contributed by atoms with Crippen molar-refractivity contribution in [2.24, 2.45) is 0 Å². The van der Waals surface area contributed by atoms with Crippen molar-refractivity contribution >= 4 is 22.4 Å². The Labute approximate surface area is 128 Å². The number of anilines is 1. The predicted molar refractivity (Wildman–Crippen MR) is 83.8 cm³/mol. The third kappa shape index (κ3) is 4.26. The van der Waals surface area contributed by atoms with Gasteiger partial charge in [-0.2, -0.15) is 0 Å². The maximum atomic E-state index is 12.2. The van der Waals surface area contributed by atoms with Gasteiger partial charge in [-0.3, -0.25) is 10.1 Å². The van der Waals surface area contributed by atoms with Gasteiger partial charge in [0.15, 0.2) is 6.10 Å². The smallest absolute Gasteiger partial charge is 0.267 e. The number of aromatic nitrogens is 2. The van der Waals surface area contributed by atoms with Crippen LogP contribution in [-0.4, -0.2) is 22.2 Å². The number of aryl methyl sites for hydroxylation is 2. The molecular formula is C15H19N3O2S. The molecule has 0 fully saturated rings. The zero-order chi connectivity index (χ0) is 15.2. The zero-order valence-corrected chi connectivity index (χ0v) is 13.2. The Morgan fingerprint density at radius 1 is 1.38 bits per heavy atom. The third-order valence-electron chi connectivity index (χ3n) is 2.93. The minimum atomic E-state index is -0.541. The average Bonchev–Trinajstić information content (AvgIpc) is 2.92. The van der Waals surface area contributed by atoms with E-state index in [1.165, 1.54) is 11.3 Å². The molecule has 1 N–H and O–H groups in total. The van der Waals surface area contributed by atoms with E-state index >= 15 is 0 Å². The van der Waals surface area contributed by atoms with Crippen molar-refractivity contribution < 1.29 is 9.53 Å². The average molecular weight is 305 g/mol. The number of hydrogen-bond donors (Lipinski definition) is 1. The predicted octanol–water partition coefficient (Wildman–Crippen LogP) is 3.21. The number of amides is 1. The van der Waals surface area contributed by atoms with E-state index in [1.54, 1.807) is 0 Å². The first-order valence-corrected chi connectivity index (χ1v) is 7.80. The van der Waals surface area contributed by atoms with E-state index in [1.807, 2.05) is 45.0 Å². The summed E-state index contributed by atoms with van der Waals surface area (Å²) in [6, 6.07) is 7.66. The lowest BCUT2D eigenvalue weighted by Gasteiger charge is -2.16. The van der Waals surface area contributed by atoms with E-state index in [9.17, 15) is 4.79 Å². The molecule has 0 aliphatic carbocycles. The maximum absolute atomic E-state index is 12.2. The number of hydrogen-bond acceptors (Lipinski definition) is 5. The highest BCUT2D eigenvalue weighted by atomic mass is 32.1. The monoisotopic (exact) mass is 305 g/mol. The van der Waals surface area contributed by atoms with Gasteiger partial charge in [0.25, 0.3) is 5.91 Å². The van der Waals surface area contributed by atoms with Gasteiger partial charge in [-0.1, -0.05) is 37.3 Å². The first-order chi connectivity index (χ1) is 10.1. The molecule has 0 aliphatic rings. The van der Waals surface area contributed by atoms with Gasteiger partial charge in [-0.05, 0) is 37.5 Å². The Morgan fingerprint density at radius 2 is 2.19 bits per heavy atom. The molecule has 1 aromatic carbocycles. The summed E-state index contributed by atoms with van der Waals surface area (Å²) in [7, 11) is 0. The molecule has 0 unspecified atom stereocenters. The molecular weight excluding hydrogens is 286 g/mol. The van der Waals surface area contributed by atoms with Crippen LogP contribution >= 0.6 is 11.3 Å². The molecule has 2 rings (SSSR count). The van der Waals surface area contributed by atoms with Gasteiger partial charge >= 0.3 is 0 Å². The number of nitrogens with zero attached hydrogens (tertiary/aromatic N) is 2. The number of carbonyl (C=O) groups is 1. The van der Waals surface area contributed by atoms with Crippen LogP contribution in [0.15, 0.2) is 24.3 Å². The normalized spacial score (nSPS) is 12.0. The van der Waals surface area contributed by atoms with Crippen molar-refractivity contribution in [3.05, 3.63) is 34.8 Å². The largest absolute Gasteiger partial charge is 0.481 e. The summed E-state index contributed by atoms with van der Waals surface area (Å²) >= 11 is 1.39. The SMILES string of the molecule is CCc1nnc(NC(=O)[C@@H](CC)Oc2cccc(C)c2)s1. The van der Waals surface area contributed by atoms with Gasteiger partial charge in [0.1, 0.15) is 10.8 Å². The molecule has 5 nitrogen and oxygen atoms in total. The summed E-state index contributed by atoms with van der Waals surface area (Å²) in [6.45, 7) is 5.90. The second kappa shape index (κ2) is 7.17. The van der Waals surface area contributed by atoms with Crippen molar-refractivity contribution in [1.29, 1.82) is 0 Å². The molecule has 0 bridgehead atoms. The van der Waals surface area contributed by atoms with Crippen LogP contribution in [0, 0.1) is 6.92 Å². The maximum Gasteiger partial charge on any atom is 0.267 e. The molecule has 0 saturated carbocycles. The highest BCUT2D eigenvalue weighted by Gasteiger charge is 2.20. The first-order valence-electron chi connectivity index (χ1n) is 6.99. The molecule has 0 spiro atoms. The fourth-order valence-corrected chi connectivity index (χ4v) is 2.49. The van der Waals surface area contributed by atoms with Gasteiger partial charge in [0.05, 0.1) is 0 Å². The van der Waals surface area contributed by atoms with E-state index in [0.29, 0.717) is 17.3 Å². The van der Waals surface area contributed by atoms with E-state index in [2.05, 4.69) is 15.5 Å². The minimum absolute atomic E-state index is 0.196. The van der Waals surface area contributed by atoms with Crippen LogP contribution in [0.3, 0.4) is 0 Å². The molecule has 0 aliphatic heterocycles. The van der Waals surface area contributed by atoms with Gasteiger partial charge in [0.2, 0.25) is 5.13 Å². The summed E-state index contributed by atoms with van der Waals surface area (Å²) in [5.41, 5.74) is 1.10. The molecule has 2 aromatic rings. The number of carbonyl (C=O) groups excluding carboxylic acids is 1. The van der Waals surface area contributed by atoms with E-state index in [-0.39, 0.29) is 5.91 Å². The Bertz CT molecular complexity index is 612. The van der Waals surface area contributed by atoms with E-state index in [0.717, 1.165) is 17.0 Å². The van der Waals surface area contributed by atoms with Crippen molar-refractivity contribution in [3.8, 4) is 5.75 Å². The molecule has 6 heteroatoms. The highest BCUT2D eigenvalue weighted by molar-refractivity contribution is 7.15. The lowest BCUT2D eigenvalue weighted by molar-refractivity contribution is -0.122. The lowest BCUT2D eigenvalue weighted by Crippen LogP contribution is -2.32. The standard InChI is InChI=1S/C15H19N3O2S/c1-4-12(20-11-8-6-7-10(3)9-11)14(19)16-15-18-17-13(5-2)21-15/h6-9,12H,4-5H2,1-3H3,(H,16,18,19)/t12-/m1/s1. The second-order valence-electron chi connectivity index (χ2n) is 4.68. The van der Waals surface area contributed by atoms with Crippen LogP contribution in [-0.2, 0) is 11.2 Å². The van der Waals surface area contributed by atoms with Crippen LogP contribution in [0.25, 0.3) is 0 Å². The quantitative estimate of drug-likeness (QED) is 0.890. The number of rotatable bonds is 6. The fourth-order valence-electron chi connectivity index (χ4n) is 1.81. The Balaban J connectivity index is 2.01. The van der Waals surface area contributed by atoms with Crippen LogP contribution in [0.2, 0.25) is 0 Å². The van der Waals surface area contributed by atoms with E-state index in [4.69, 9.17) is 4.74 Å². The van der Waals surface area contributed by atoms with Gasteiger partial charge in [-0.15, -0.1) is 10.2 Å². The summed E-state index contributed by atoms with van der Waals surface area (Å²) in [6.07, 6.45) is 0.852. The lowest BCUT2D eigenvalue weighted by atomic mass is 10.2. The van der Waals surface area contributed by atoms with E-state index < -0.39 is 6.10 Å². The number of nitrogens with one attached hydrogen (secondary N) is 1. The van der Waals surface area contributed by atoms with Crippen LogP contribution in [0.1, 0.15) is 30.8 Å². The van der Waals surface area contributed by atoms with Gasteiger partial charge in [0, 0.05) is 0 Å². The summed E-state index contributed by atoms with van der Waals surface area (Å²) in [5.74, 6) is 0.501. The Kier molecular flexibility index (Phi) is 5.27. The highest BCUT2D eigenvalue weighted by Crippen LogP contribution is 2.18. The molecule has 21 heavy (non-hydrogen) atoms. The molecule has 0 saturated heterocycles. The van der Waals surface area contributed by atoms with Crippen molar-refractivity contribution in [1.82, 2.24) is 10.2 Å². The van der Waals surface area contributed by atoms with Gasteiger partial charge < -0.3 is 4.74 Å². The van der Waals surface area contributed by atoms with Crippen LogP contribution < -0.4 is 10.1 Å². The molecule has 1 atom stereocenters. The minimum Gasteiger partial charge on any atom is -0.481 e. The molecule has 112 valence electrons. The van der Waals surface area contributed by atoms with Crippen LogP contribution in [0.5, 0.6) is 5.75 Å². The van der Waals surface area contributed by atoms with Gasteiger partial charge in [-0.25, -0.2) is 0 Å². The first kappa shape index (κ1) is 15.4. The summed E-state index contributed by atoms with van der Waals surface area (Å²) in [4.78, 5) is 12.2. The zero-order valence-electron chi connectivity index (χ0n) is 12.4. The van der Waals surface area contributed by atoms with Crippen LogP contribution in [0.4, 0.5) is 5.13 Å². The summed E-state index contributed by atoms with van der Waals surface area (Å²) < 4.78 is 5.76. The number of benzene rings is 1. The van der Waals surface area contributed by atoms with Crippen molar-refractivity contribution in [3.63, 3.8) is 0 Å². The molecule has 1 aromatic heterocycles. The summed E-state index contributed by atoms with van der Waals surface area (Å²) in [5, 5.41) is 12.1. The Morgan fingerprint density at radius 3 is 2.81 bits per heavy atom. The number of ether oxygens (including phenoxy) is 1. The Hall–Kier alpha value is -1.95. The van der Waals surface area contributed by atoms with Crippen molar-refractivity contribution in [2.45, 2.75) is 39.7 Å². The molecule has 1 amide bonds. The second-order valence-corrected chi connectivity index (χ2v) is 5.74. The fraction of sp³-hybridized carbons (Fsp3) is 0.400. The topological polar surface area (TPSA) is 64.1 Å². The molecule has 0 radical (unpaired) electrons. The molecule has 1 heterocycles.